The summed E-state index contributed by atoms with van der Waals surface area (Å²) in [7, 11) is 1.82. The van der Waals surface area contributed by atoms with E-state index in [0.29, 0.717) is 31.3 Å². The fourth-order valence-electron chi connectivity index (χ4n) is 3.54. The second kappa shape index (κ2) is 10.5. The minimum absolute atomic E-state index is 0.192. The molecule has 9 heteroatoms. The zero-order valence-corrected chi connectivity index (χ0v) is 17.7. The molecule has 1 N–H and O–H groups in total. The zero-order chi connectivity index (χ0) is 19.8. The Labute approximate surface area is 171 Å². The fourth-order valence-corrected chi connectivity index (χ4v) is 4.72. The molecule has 1 unspecified atom stereocenters. The largest absolute Gasteiger partial charge is 0.356 e. The van der Waals surface area contributed by atoms with E-state index in [9.17, 15) is 4.79 Å². The molecule has 3 rings (SSSR count). The molecule has 2 aliphatic heterocycles. The van der Waals surface area contributed by atoms with Gasteiger partial charge in [0.15, 0.2) is 5.96 Å². The molecule has 1 amide bonds. The van der Waals surface area contributed by atoms with Crippen LogP contribution >= 0.6 is 11.8 Å². The van der Waals surface area contributed by atoms with Gasteiger partial charge in [-0.3, -0.25) is 9.79 Å². The van der Waals surface area contributed by atoms with Gasteiger partial charge in [0.1, 0.15) is 0 Å². The molecule has 1 aromatic heterocycles. The highest BCUT2D eigenvalue weighted by Crippen LogP contribution is 2.21. The first-order chi connectivity index (χ1) is 13.7. The van der Waals surface area contributed by atoms with Crippen molar-refractivity contribution in [1.82, 2.24) is 25.1 Å². The normalized spacial score (nSPS) is 21.0. The van der Waals surface area contributed by atoms with Crippen molar-refractivity contribution < 1.29 is 4.79 Å². The lowest BCUT2D eigenvalue weighted by atomic mass is 10.2. The highest BCUT2D eigenvalue weighted by molar-refractivity contribution is 8.00. The number of carbonyl (C=O) groups excluding carboxylic acids is 1. The highest BCUT2D eigenvalue weighted by atomic mass is 32.2. The van der Waals surface area contributed by atoms with Gasteiger partial charge in [0.2, 0.25) is 11.9 Å². The van der Waals surface area contributed by atoms with Gasteiger partial charge < -0.3 is 20.0 Å². The van der Waals surface area contributed by atoms with Gasteiger partial charge >= 0.3 is 0 Å². The summed E-state index contributed by atoms with van der Waals surface area (Å²) in [4.78, 5) is 31.9. The summed E-state index contributed by atoms with van der Waals surface area (Å²) in [6.07, 6.45) is 5.17. The smallest absolute Gasteiger partial charge is 0.225 e. The molecule has 154 valence electrons. The number of thioether (sulfide) groups is 1. The molecule has 0 aliphatic carbocycles. The van der Waals surface area contributed by atoms with E-state index in [1.165, 1.54) is 6.42 Å². The van der Waals surface area contributed by atoms with Crippen LogP contribution in [-0.4, -0.2) is 95.5 Å². The highest BCUT2D eigenvalue weighted by Gasteiger charge is 2.23. The molecule has 1 atom stereocenters. The first-order valence-corrected chi connectivity index (χ1v) is 11.1. The number of guanidine groups is 1. The van der Waals surface area contributed by atoms with Crippen molar-refractivity contribution in [2.75, 3.05) is 63.5 Å². The van der Waals surface area contributed by atoms with Gasteiger partial charge in [-0.25, -0.2) is 9.97 Å². The minimum Gasteiger partial charge on any atom is -0.356 e. The number of aliphatic imine (C=N–C) groups is 1. The van der Waals surface area contributed by atoms with Crippen LogP contribution in [0.3, 0.4) is 0 Å². The summed E-state index contributed by atoms with van der Waals surface area (Å²) in [5.41, 5.74) is 0. The van der Waals surface area contributed by atoms with Crippen LogP contribution in [0.4, 0.5) is 5.95 Å². The maximum atomic E-state index is 12.6. The predicted octanol–water partition coefficient (Wildman–Crippen LogP) is 0.918. The fraction of sp³-hybridized carbons (Fsp3) is 0.684. The second-order valence-corrected chi connectivity index (χ2v) is 8.40. The SMILES string of the molecule is CCC1CN(C(=NC)NCCC(=O)N2CCN(c3ncccn3)CC2)CCS1. The van der Waals surface area contributed by atoms with Gasteiger partial charge in [0.05, 0.1) is 0 Å². The van der Waals surface area contributed by atoms with Crippen LogP contribution in [0.25, 0.3) is 0 Å². The Bertz CT molecular complexity index is 649. The van der Waals surface area contributed by atoms with Crippen molar-refractivity contribution in [2.24, 2.45) is 4.99 Å². The van der Waals surface area contributed by atoms with Crippen molar-refractivity contribution in [3.8, 4) is 0 Å². The Hall–Kier alpha value is -2.03. The summed E-state index contributed by atoms with van der Waals surface area (Å²) in [6, 6.07) is 1.81. The number of hydrogen-bond donors (Lipinski definition) is 1. The van der Waals surface area contributed by atoms with E-state index in [4.69, 9.17) is 0 Å². The summed E-state index contributed by atoms with van der Waals surface area (Å²) >= 11 is 2.04. The van der Waals surface area contributed by atoms with Crippen LogP contribution in [-0.2, 0) is 4.79 Å². The van der Waals surface area contributed by atoms with E-state index < -0.39 is 0 Å². The Kier molecular flexibility index (Phi) is 7.76. The third kappa shape index (κ3) is 5.50. The van der Waals surface area contributed by atoms with E-state index in [2.05, 4.69) is 37.0 Å². The molecular weight excluding hydrogens is 374 g/mol. The van der Waals surface area contributed by atoms with Gasteiger partial charge in [0, 0.05) is 82.7 Å². The quantitative estimate of drug-likeness (QED) is 0.576. The van der Waals surface area contributed by atoms with Crippen LogP contribution < -0.4 is 10.2 Å². The van der Waals surface area contributed by atoms with Crippen LogP contribution in [0, 0.1) is 0 Å². The van der Waals surface area contributed by atoms with Gasteiger partial charge in [-0.15, -0.1) is 0 Å². The van der Waals surface area contributed by atoms with Crippen molar-refractivity contribution in [1.29, 1.82) is 0 Å². The molecular formula is C19H31N7OS. The first-order valence-electron chi connectivity index (χ1n) is 10.1. The zero-order valence-electron chi connectivity index (χ0n) is 16.9. The lowest BCUT2D eigenvalue weighted by Gasteiger charge is -2.35. The lowest BCUT2D eigenvalue weighted by Crippen LogP contribution is -2.51. The van der Waals surface area contributed by atoms with Gasteiger partial charge in [-0.05, 0) is 12.5 Å². The summed E-state index contributed by atoms with van der Waals surface area (Å²) < 4.78 is 0. The molecule has 2 aliphatic rings. The topological polar surface area (TPSA) is 77.0 Å². The Morgan fingerprint density at radius 2 is 1.96 bits per heavy atom. The molecule has 0 saturated carbocycles. The minimum atomic E-state index is 0.192. The van der Waals surface area contributed by atoms with E-state index in [1.54, 1.807) is 12.4 Å². The molecule has 0 aromatic carbocycles. The summed E-state index contributed by atoms with van der Waals surface area (Å²) in [5.74, 6) is 2.98. The first kappa shape index (κ1) is 20.7. The number of amides is 1. The van der Waals surface area contributed by atoms with Crippen molar-refractivity contribution in [2.45, 2.75) is 25.0 Å². The Balaban J connectivity index is 1.39. The van der Waals surface area contributed by atoms with E-state index in [0.717, 1.165) is 43.8 Å². The molecule has 0 bridgehead atoms. The second-order valence-electron chi connectivity index (χ2n) is 6.99. The molecule has 8 nitrogen and oxygen atoms in total. The lowest BCUT2D eigenvalue weighted by molar-refractivity contribution is -0.131. The number of nitrogens with one attached hydrogen (secondary N) is 1. The third-order valence-corrected chi connectivity index (χ3v) is 6.57. The van der Waals surface area contributed by atoms with Gasteiger partial charge in [0.25, 0.3) is 0 Å². The molecule has 0 radical (unpaired) electrons. The van der Waals surface area contributed by atoms with E-state index in [1.807, 2.05) is 29.8 Å². The Morgan fingerprint density at radius 1 is 1.21 bits per heavy atom. The number of carbonyl (C=O) groups is 1. The summed E-state index contributed by atoms with van der Waals surface area (Å²) in [6.45, 7) is 7.87. The van der Waals surface area contributed by atoms with Crippen LogP contribution in [0.15, 0.2) is 23.5 Å². The molecule has 0 spiro atoms. The predicted molar refractivity (Wildman–Crippen MR) is 115 cm³/mol. The standard InChI is InChI=1S/C19H31N7OS/c1-3-16-15-26(13-14-28-16)18(20-2)23-8-5-17(27)24-9-11-25(12-10-24)19-21-6-4-7-22-19/h4,6-7,16H,3,5,8-15H2,1-2H3,(H,20,23). The maximum absolute atomic E-state index is 12.6. The monoisotopic (exact) mass is 405 g/mol. The molecule has 28 heavy (non-hydrogen) atoms. The Morgan fingerprint density at radius 3 is 2.64 bits per heavy atom. The molecule has 1 aromatic rings. The summed E-state index contributed by atoms with van der Waals surface area (Å²) in [5, 5.41) is 4.04. The average Bonchev–Trinajstić information content (AvgIpc) is 2.77. The van der Waals surface area contributed by atoms with Gasteiger partial charge in [-0.1, -0.05) is 6.92 Å². The van der Waals surface area contributed by atoms with Gasteiger partial charge in [-0.2, -0.15) is 11.8 Å². The van der Waals surface area contributed by atoms with E-state index in [-0.39, 0.29) is 5.91 Å². The maximum Gasteiger partial charge on any atom is 0.225 e. The van der Waals surface area contributed by atoms with Crippen molar-refractivity contribution >= 4 is 29.6 Å². The number of rotatable bonds is 5. The average molecular weight is 406 g/mol. The number of hydrogen-bond acceptors (Lipinski definition) is 6. The number of piperazine rings is 1. The number of nitrogens with zero attached hydrogens (tertiary/aromatic N) is 6. The number of aromatic nitrogens is 2. The van der Waals surface area contributed by atoms with Crippen LogP contribution in [0.1, 0.15) is 19.8 Å². The molecule has 2 saturated heterocycles. The number of anilines is 1. The van der Waals surface area contributed by atoms with Crippen molar-refractivity contribution in [3.05, 3.63) is 18.5 Å². The van der Waals surface area contributed by atoms with Crippen molar-refractivity contribution in [3.63, 3.8) is 0 Å². The van der Waals surface area contributed by atoms with E-state index >= 15 is 0 Å². The molecule has 3 heterocycles. The molecule has 2 fully saturated rings. The third-order valence-electron chi connectivity index (χ3n) is 5.19. The van der Waals surface area contributed by atoms with Crippen LogP contribution in [0.5, 0.6) is 0 Å². The van der Waals surface area contributed by atoms with Crippen LogP contribution in [0.2, 0.25) is 0 Å².